The first-order valence-electron chi connectivity index (χ1n) is 10.9. The Morgan fingerprint density at radius 3 is 2.58 bits per heavy atom. The molecule has 3 aromatic carbocycles. The van der Waals surface area contributed by atoms with Gasteiger partial charge in [0.15, 0.2) is 5.69 Å². The summed E-state index contributed by atoms with van der Waals surface area (Å²) in [4.78, 5) is 25.4. The molecule has 0 unspecified atom stereocenters. The number of benzene rings is 3. The number of nitrogens with zero attached hydrogens (tertiary/aromatic N) is 5. The normalized spacial score (nSPS) is 10.8. The van der Waals surface area contributed by atoms with Crippen molar-refractivity contribution in [3.8, 4) is 17.7 Å². The number of amides is 1. The Hall–Kier alpha value is -4.75. The number of nitriles is 1. The van der Waals surface area contributed by atoms with E-state index in [0.29, 0.717) is 34.3 Å². The summed E-state index contributed by atoms with van der Waals surface area (Å²) in [7, 11) is 0. The zero-order valence-electron chi connectivity index (χ0n) is 18.8. The third-order valence-electron chi connectivity index (χ3n) is 5.25. The van der Waals surface area contributed by atoms with Crippen LogP contribution in [0.4, 0.5) is 5.69 Å². The van der Waals surface area contributed by atoms with E-state index in [1.54, 1.807) is 42.5 Å². The molecule has 0 saturated heterocycles. The lowest BCUT2D eigenvalue weighted by Crippen LogP contribution is -2.24. The molecule has 0 aliphatic rings. The zero-order valence-corrected chi connectivity index (χ0v) is 19.6. The van der Waals surface area contributed by atoms with Gasteiger partial charge >= 0.3 is 0 Å². The van der Waals surface area contributed by atoms with E-state index in [-0.39, 0.29) is 28.3 Å². The Morgan fingerprint density at radius 2 is 1.78 bits per heavy atom. The van der Waals surface area contributed by atoms with E-state index in [1.807, 2.05) is 42.5 Å². The number of rotatable bonds is 7. The molecule has 1 amide bonds. The number of carbonyl (C=O) groups excluding carboxylic acids is 1. The van der Waals surface area contributed by atoms with Crippen LogP contribution in [0.5, 0.6) is 0 Å². The van der Waals surface area contributed by atoms with Gasteiger partial charge in [-0.2, -0.15) is 10.4 Å². The molecule has 10 heteroatoms. The Balaban J connectivity index is 1.37. The lowest BCUT2D eigenvalue weighted by molar-refractivity contribution is -0.113. The van der Waals surface area contributed by atoms with Gasteiger partial charge in [0.2, 0.25) is 5.91 Å². The summed E-state index contributed by atoms with van der Waals surface area (Å²) in [6.45, 7) is 0.292. The third-order valence-corrected chi connectivity index (χ3v) is 6.07. The standard InChI is InChI=1S/C26H18N6O3S/c27-14-18-9-6-10-19(13-18)28-22(33)16-36-26-30-29-24(35-26)23-20-11-4-5-12-21(20)25(34)32(31-23)15-17-7-2-1-3-8-17/h1-13H,15-16H2,(H,28,33). The van der Waals surface area contributed by atoms with Gasteiger partial charge in [0.25, 0.3) is 16.7 Å². The molecule has 5 rings (SSSR count). The quantitative estimate of drug-likeness (QED) is 0.335. The summed E-state index contributed by atoms with van der Waals surface area (Å²) in [6, 6.07) is 25.4. The number of fused-ring (bicyclic) bond motifs is 1. The molecule has 0 aliphatic heterocycles. The fourth-order valence-corrected chi connectivity index (χ4v) is 4.17. The number of hydrogen-bond acceptors (Lipinski definition) is 8. The molecule has 5 aromatic rings. The number of anilines is 1. The van der Waals surface area contributed by atoms with Crippen molar-refractivity contribution < 1.29 is 9.21 Å². The number of thioether (sulfide) groups is 1. The Labute approximate surface area is 209 Å². The Bertz CT molecular complexity index is 1660. The van der Waals surface area contributed by atoms with E-state index in [0.717, 1.165) is 17.3 Å². The molecule has 36 heavy (non-hydrogen) atoms. The first-order valence-corrected chi connectivity index (χ1v) is 11.9. The molecule has 176 valence electrons. The number of carbonyl (C=O) groups is 1. The molecule has 1 N–H and O–H groups in total. The van der Waals surface area contributed by atoms with Gasteiger partial charge in [-0.3, -0.25) is 9.59 Å². The first-order chi connectivity index (χ1) is 17.6. The number of aromatic nitrogens is 4. The SMILES string of the molecule is N#Cc1cccc(NC(=O)CSc2nnc(-c3nn(Cc4ccccc4)c(=O)c4ccccc34)o2)c1. The second-order valence-corrected chi connectivity index (χ2v) is 8.67. The molecular weight excluding hydrogens is 476 g/mol. The summed E-state index contributed by atoms with van der Waals surface area (Å²) in [5.74, 6) is -0.104. The maximum atomic E-state index is 13.1. The van der Waals surface area contributed by atoms with Crippen molar-refractivity contribution in [2.24, 2.45) is 0 Å². The summed E-state index contributed by atoms with van der Waals surface area (Å²) < 4.78 is 7.18. The third kappa shape index (κ3) is 5.01. The fourth-order valence-electron chi connectivity index (χ4n) is 3.61. The molecular formula is C26H18N6O3S. The predicted octanol–water partition coefficient (Wildman–Crippen LogP) is 4.10. The van der Waals surface area contributed by atoms with Gasteiger partial charge in [-0.25, -0.2) is 4.68 Å². The minimum absolute atomic E-state index is 0.0279. The summed E-state index contributed by atoms with van der Waals surface area (Å²) >= 11 is 1.07. The molecule has 0 spiro atoms. The first kappa shape index (κ1) is 23.0. The smallest absolute Gasteiger partial charge is 0.277 e. The Kier molecular flexibility index (Phi) is 6.55. The van der Waals surface area contributed by atoms with Gasteiger partial charge in [-0.1, -0.05) is 66.4 Å². The summed E-state index contributed by atoms with van der Waals surface area (Å²) in [6.07, 6.45) is 0. The van der Waals surface area contributed by atoms with Crippen molar-refractivity contribution in [2.75, 3.05) is 11.1 Å². The van der Waals surface area contributed by atoms with Gasteiger partial charge in [0.05, 0.1) is 29.3 Å². The van der Waals surface area contributed by atoms with E-state index in [4.69, 9.17) is 9.68 Å². The maximum absolute atomic E-state index is 13.1. The average molecular weight is 495 g/mol. The largest absolute Gasteiger partial charge is 0.409 e. The van der Waals surface area contributed by atoms with Crippen molar-refractivity contribution >= 4 is 34.1 Å². The summed E-state index contributed by atoms with van der Waals surface area (Å²) in [5.41, 5.74) is 2.08. The highest BCUT2D eigenvalue weighted by atomic mass is 32.2. The van der Waals surface area contributed by atoms with Crippen LogP contribution in [-0.2, 0) is 11.3 Å². The maximum Gasteiger partial charge on any atom is 0.277 e. The van der Waals surface area contributed by atoms with Crippen LogP contribution < -0.4 is 10.9 Å². The fraction of sp³-hybridized carbons (Fsp3) is 0.0769. The second-order valence-electron chi connectivity index (χ2n) is 7.75. The van der Waals surface area contributed by atoms with Crippen LogP contribution in [0.25, 0.3) is 22.4 Å². The zero-order chi connectivity index (χ0) is 24.9. The summed E-state index contributed by atoms with van der Waals surface area (Å²) in [5, 5.41) is 25.7. The van der Waals surface area contributed by atoms with Crippen LogP contribution in [-0.4, -0.2) is 31.6 Å². The lowest BCUT2D eigenvalue weighted by Gasteiger charge is -2.09. The highest BCUT2D eigenvalue weighted by Gasteiger charge is 2.18. The van der Waals surface area contributed by atoms with Gasteiger partial charge < -0.3 is 9.73 Å². The van der Waals surface area contributed by atoms with E-state index < -0.39 is 0 Å². The van der Waals surface area contributed by atoms with Crippen LogP contribution in [0, 0.1) is 11.3 Å². The highest BCUT2D eigenvalue weighted by Crippen LogP contribution is 2.27. The molecule has 2 aromatic heterocycles. The van der Waals surface area contributed by atoms with Gasteiger partial charge in [0, 0.05) is 11.1 Å². The molecule has 0 fully saturated rings. The second kappa shape index (κ2) is 10.2. The predicted molar refractivity (Wildman–Crippen MR) is 135 cm³/mol. The van der Waals surface area contributed by atoms with Gasteiger partial charge in [-0.15, -0.1) is 10.2 Å². The lowest BCUT2D eigenvalue weighted by atomic mass is 10.1. The van der Waals surface area contributed by atoms with Crippen LogP contribution in [0.2, 0.25) is 0 Å². The minimum Gasteiger partial charge on any atom is -0.409 e. The number of nitrogens with one attached hydrogen (secondary N) is 1. The van der Waals surface area contributed by atoms with Crippen molar-refractivity contribution in [1.82, 2.24) is 20.0 Å². The van der Waals surface area contributed by atoms with Crippen LogP contribution >= 0.6 is 11.8 Å². The molecule has 0 bridgehead atoms. The average Bonchev–Trinajstić information content (AvgIpc) is 3.39. The van der Waals surface area contributed by atoms with Crippen LogP contribution in [0.3, 0.4) is 0 Å². The van der Waals surface area contributed by atoms with Crippen LogP contribution in [0.1, 0.15) is 11.1 Å². The molecule has 0 atom stereocenters. The Morgan fingerprint density at radius 1 is 1.00 bits per heavy atom. The van der Waals surface area contributed by atoms with Gasteiger partial charge in [-0.05, 0) is 29.8 Å². The topological polar surface area (TPSA) is 127 Å². The van der Waals surface area contributed by atoms with E-state index in [1.165, 1.54) is 4.68 Å². The van der Waals surface area contributed by atoms with Gasteiger partial charge in [0.1, 0.15) is 0 Å². The number of hydrogen-bond donors (Lipinski definition) is 1. The molecule has 2 heterocycles. The van der Waals surface area contributed by atoms with Crippen molar-refractivity contribution in [3.63, 3.8) is 0 Å². The highest BCUT2D eigenvalue weighted by molar-refractivity contribution is 7.99. The van der Waals surface area contributed by atoms with Crippen molar-refractivity contribution in [1.29, 1.82) is 5.26 Å². The van der Waals surface area contributed by atoms with E-state index >= 15 is 0 Å². The monoisotopic (exact) mass is 494 g/mol. The molecule has 0 saturated carbocycles. The minimum atomic E-state index is -0.283. The van der Waals surface area contributed by atoms with E-state index in [9.17, 15) is 9.59 Å². The van der Waals surface area contributed by atoms with Crippen molar-refractivity contribution in [2.45, 2.75) is 11.8 Å². The van der Waals surface area contributed by atoms with Crippen LogP contribution in [0.15, 0.2) is 93.3 Å². The molecule has 9 nitrogen and oxygen atoms in total. The molecule has 0 aliphatic carbocycles. The van der Waals surface area contributed by atoms with Crippen molar-refractivity contribution in [3.05, 3.63) is 100 Å². The molecule has 0 radical (unpaired) electrons. The van der Waals surface area contributed by atoms with E-state index in [2.05, 4.69) is 20.6 Å².